The van der Waals surface area contributed by atoms with Crippen LogP contribution in [0.25, 0.3) is 6.08 Å². The average molecular weight is 317 g/mol. The van der Waals surface area contributed by atoms with Crippen molar-refractivity contribution < 1.29 is 73.9 Å². The Morgan fingerprint density at radius 1 is 1.37 bits per heavy atom. The maximum absolute atomic E-state index is 12.4. The van der Waals surface area contributed by atoms with E-state index in [0.717, 1.165) is 13.2 Å². The number of hydrogen-bond acceptors (Lipinski definition) is 2. The van der Waals surface area contributed by atoms with Crippen LogP contribution in [0.2, 0.25) is 11.3 Å². The molecule has 0 atom stereocenters. The van der Waals surface area contributed by atoms with Crippen LogP contribution in [-0.2, 0) is 9.53 Å². The normalized spacial score (nSPS) is 11.7. The van der Waals surface area contributed by atoms with Gasteiger partial charge >= 0.3 is 64.3 Å². The molecule has 0 aromatic heterocycles. The molecule has 1 aromatic carbocycles. The van der Waals surface area contributed by atoms with Crippen LogP contribution < -0.4 is 51.4 Å². The molecular weight excluding hydrogens is 306 g/mol. The van der Waals surface area contributed by atoms with E-state index in [1.807, 2.05) is 0 Å². The second-order valence-electron chi connectivity index (χ2n) is 3.60. The van der Waals surface area contributed by atoms with Crippen LogP contribution in [0.5, 0.6) is 0 Å². The van der Waals surface area contributed by atoms with Gasteiger partial charge in [-0.25, -0.2) is 4.79 Å². The third kappa shape index (κ3) is 6.97. The van der Waals surface area contributed by atoms with Crippen LogP contribution in [0.1, 0.15) is 5.56 Å². The fourth-order valence-corrected chi connectivity index (χ4v) is 1.55. The van der Waals surface area contributed by atoms with Crippen LogP contribution in [0.15, 0.2) is 29.8 Å². The van der Waals surface area contributed by atoms with Crippen LogP contribution in [0.3, 0.4) is 0 Å². The Labute approximate surface area is 156 Å². The number of ether oxygens (including phenoxy) is 1. The van der Waals surface area contributed by atoms with E-state index in [-0.39, 0.29) is 56.4 Å². The first-order valence-electron chi connectivity index (χ1n) is 5.08. The minimum Gasteiger partial charge on any atom is -0.466 e. The molecule has 0 spiro atoms. The molecule has 98 valence electrons. The van der Waals surface area contributed by atoms with Gasteiger partial charge in [-0.15, -0.1) is 0 Å². The first-order valence-corrected chi connectivity index (χ1v) is 5.45. The molecule has 2 nitrogen and oxygen atoms in total. The first kappa shape index (κ1) is 19.2. The molecular formula is C11H10BClF3KO2. The Kier molecular flexibility index (Phi) is 8.58. The minimum atomic E-state index is -5.11. The number of methoxy groups -OCH3 is 1. The quantitative estimate of drug-likeness (QED) is 0.465. The molecule has 0 N–H and O–H groups in total. The summed E-state index contributed by atoms with van der Waals surface area (Å²) >= 11 is 5.81. The van der Waals surface area contributed by atoms with Crippen LogP contribution in [0, 0.1) is 0 Å². The van der Waals surface area contributed by atoms with E-state index in [1.165, 1.54) is 12.1 Å². The second-order valence-corrected chi connectivity index (χ2v) is 4.00. The fourth-order valence-electron chi connectivity index (χ4n) is 1.36. The van der Waals surface area contributed by atoms with E-state index in [1.54, 1.807) is 12.1 Å². The van der Waals surface area contributed by atoms with Crippen LogP contribution >= 0.6 is 11.6 Å². The van der Waals surface area contributed by atoms with Crippen molar-refractivity contribution in [2.45, 2.75) is 6.32 Å². The molecule has 0 heterocycles. The SMILES string of the molecule is COC(=O)/C(=C/c1ccccc1Cl)C[B-](F)(F)F.[K+]. The molecule has 0 bridgehead atoms. The number of carbonyl (C=O) groups is 1. The molecule has 19 heavy (non-hydrogen) atoms. The van der Waals surface area contributed by atoms with Gasteiger partial charge in [0.15, 0.2) is 0 Å². The summed E-state index contributed by atoms with van der Waals surface area (Å²) in [6, 6.07) is 6.31. The van der Waals surface area contributed by atoms with Gasteiger partial charge in [-0.05, 0) is 17.7 Å². The largest absolute Gasteiger partial charge is 1.00 e. The summed E-state index contributed by atoms with van der Waals surface area (Å²) in [6.07, 6.45) is -0.193. The van der Waals surface area contributed by atoms with Gasteiger partial charge in [-0.3, -0.25) is 0 Å². The van der Waals surface area contributed by atoms with Gasteiger partial charge in [0.2, 0.25) is 0 Å². The van der Waals surface area contributed by atoms with Crippen LogP contribution in [-0.4, -0.2) is 20.1 Å². The molecule has 8 heteroatoms. The van der Waals surface area contributed by atoms with E-state index in [4.69, 9.17) is 11.6 Å². The monoisotopic (exact) mass is 316 g/mol. The summed E-state index contributed by atoms with van der Waals surface area (Å²) < 4.78 is 41.5. The smallest absolute Gasteiger partial charge is 0.466 e. The molecule has 0 radical (unpaired) electrons. The molecule has 0 aliphatic carbocycles. The summed E-state index contributed by atoms with van der Waals surface area (Å²) in [5.74, 6) is -1.01. The predicted molar refractivity (Wildman–Crippen MR) is 65.3 cm³/mol. The van der Waals surface area contributed by atoms with Crippen molar-refractivity contribution in [1.29, 1.82) is 0 Å². The number of hydrogen-bond donors (Lipinski definition) is 0. The predicted octanol–water partition coefficient (Wildman–Crippen LogP) is 0.748. The molecule has 0 saturated carbocycles. The van der Waals surface area contributed by atoms with Crippen LogP contribution in [0.4, 0.5) is 12.9 Å². The van der Waals surface area contributed by atoms with Crippen molar-refractivity contribution >= 4 is 30.6 Å². The van der Waals surface area contributed by atoms with E-state index < -0.39 is 24.8 Å². The average Bonchev–Trinajstić information content (AvgIpc) is 2.28. The Balaban J connectivity index is 0.00000324. The standard InChI is InChI=1S/C11H10BClF3O2.K/c1-18-11(17)9(7-12(14,15)16)6-8-4-2-3-5-10(8)13;/h2-6H,7H2,1H3;/q-1;+1/b9-6+;. The van der Waals surface area contributed by atoms with Crippen molar-refractivity contribution in [3.05, 3.63) is 40.4 Å². The molecule has 0 aliphatic rings. The van der Waals surface area contributed by atoms with Gasteiger partial charge in [0.25, 0.3) is 0 Å². The zero-order chi connectivity index (χ0) is 13.8. The van der Waals surface area contributed by atoms with E-state index in [2.05, 4.69) is 4.74 Å². The van der Waals surface area contributed by atoms with Crippen molar-refractivity contribution in [2.24, 2.45) is 0 Å². The summed E-state index contributed by atoms with van der Waals surface area (Å²) in [5, 5.41) is 0.272. The second kappa shape index (κ2) is 8.49. The van der Waals surface area contributed by atoms with Gasteiger partial charge in [0, 0.05) is 10.6 Å². The summed E-state index contributed by atoms with van der Waals surface area (Å²) in [7, 11) is 1.03. The van der Waals surface area contributed by atoms with E-state index in [0.29, 0.717) is 5.56 Å². The van der Waals surface area contributed by atoms with Gasteiger partial charge in [-0.1, -0.05) is 36.1 Å². The Morgan fingerprint density at radius 3 is 2.42 bits per heavy atom. The third-order valence-corrected chi connectivity index (χ3v) is 2.48. The molecule has 0 aliphatic heterocycles. The minimum absolute atomic E-state index is 0. The Hall–Kier alpha value is 0.211. The summed E-state index contributed by atoms with van der Waals surface area (Å²) in [4.78, 5) is 11.3. The molecule has 0 fully saturated rings. The molecule has 0 saturated heterocycles. The molecule has 0 unspecified atom stereocenters. The van der Waals surface area contributed by atoms with Crippen molar-refractivity contribution in [3.63, 3.8) is 0 Å². The van der Waals surface area contributed by atoms with E-state index >= 15 is 0 Å². The Bertz CT molecular complexity index is 477. The molecule has 1 aromatic rings. The van der Waals surface area contributed by atoms with Gasteiger partial charge in [-0.2, -0.15) is 0 Å². The maximum atomic E-state index is 12.4. The van der Waals surface area contributed by atoms with E-state index in [9.17, 15) is 17.7 Å². The number of halogens is 4. The van der Waals surface area contributed by atoms with Gasteiger partial charge in [0.05, 0.1) is 7.11 Å². The topological polar surface area (TPSA) is 26.3 Å². The molecule has 0 amide bonds. The number of rotatable bonds is 4. The third-order valence-electron chi connectivity index (χ3n) is 2.13. The first-order chi connectivity index (χ1) is 8.33. The number of benzene rings is 1. The summed E-state index contributed by atoms with van der Waals surface area (Å²) in [6.45, 7) is -5.11. The number of carbonyl (C=O) groups excluding carboxylic acids is 1. The summed E-state index contributed by atoms with van der Waals surface area (Å²) in [5.41, 5.74) is -0.113. The maximum Gasteiger partial charge on any atom is 1.00 e. The zero-order valence-electron chi connectivity index (χ0n) is 10.5. The number of esters is 1. The van der Waals surface area contributed by atoms with Crippen molar-refractivity contribution in [2.75, 3.05) is 7.11 Å². The van der Waals surface area contributed by atoms with Crippen molar-refractivity contribution in [3.8, 4) is 0 Å². The Morgan fingerprint density at radius 2 is 1.95 bits per heavy atom. The van der Waals surface area contributed by atoms with Gasteiger partial charge in [0.1, 0.15) is 0 Å². The molecule has 1 rings (SSSR count). The zero-order valence-corrected chi connectivity index (χ0v) is 14.4. The van der Waals surface area contributed by atoms with Gasteiger partial charge < -0.3 is 17.7 Å². The fraction of sp³-hybridized carbons (Fsp3) is 0.182. The van der Waals surface area contributed by atoms with Crippen molar-refractivity contribution in [1.82, 2.24) is 0 Å².